The third-order valence-corrected chi connectivity index (χ3v) is 3.78. The number of rotatable bonds is 3. The van der Waals surface area contributed by atoms with Gasteiger partial charge in [-0.3, -0.25) is 4.90 Å². The van der Waals surface area contributed by atoms with Crippen LogP contribution in [-0.4, -0.2) is 42.5 Å². The molecular weight excluding hydrogens is 222 g/mol. The minimum absolute atomic E-state index is 0.757. The van der Waals surface area contributed by atoms with Gasteiger partial charge in [0.2, 0.25) is 0 Å². The van der Waals surface area contributed by atoms with Gasteiger partial charge in [0.15, 0.2) is 0 Å². The summed E-state index contributed by atoms with van der Waals surface area (Å²) in [6.45, 7) is 11.1. The summed E-state index contributed by atoms with van der Waals surface area (Å²) in [6.07, 6.45) is 0. The van der Waals surface area contributed by atoms with Gasteiger partial charge >= 0.3 is 0 Å². The number of nitriles is 1. The number of hydrogen-bond acceptors (Lipinski definition) is 3. The van der Waals surface area contributed by atoms with E-state index in [0.29, 0.717) is 0 Å². The van der Waals surface area contributed by atoms with E-state index in [4.69, 9.17) is 5.26 Å². The lowest BCUT2D eigenvalue weighted by molar-refractivity contribution is 0.132. The monoisotopic (exact) mass is 243 g/mol. The third-order valence-electron chi connectivity index (χ3n) is 3.78. The summed E-state index contributed by atoms with van der Waals surface area (Å²) in [6, 6.07) is 8.19. The van der Waals surface area contributed by atoms with Crippen LogP contribution in [-0.2, 0) is 6.54 Å². The summed E-state index contributed by atoms with van der Waals surface area (Å²) in [7, 11) is 0. The molecule has 0 radical (unpaired) electrons. The van der Waals surface area contributed by atoms with E-state index in [2.05, 4.69) is 35.8 Å². The predicted octanol–water partition coefficient (Wildman–Crippen LogP) is 2.00. The first-order chi connectivity index (χ1) is 8.72. The van der Waals surface area contributed by atoms with Gasteiger partial charge in [-0.25, -0.2) is 0 Å². The van der Waals surface area contributed by atoms with E-state index in [1.807, 2.05) is 12.1 Å². The maximum atomic E-state index is 8.86. The van der Waals surface area contributed by atoms with Crippen LogP contribution >= 0.6 is 0 Å². The Morgan fingerprint density at radius 2 is 1.83 bits per heavy atom. The van der Waals surface area contributed by atoms with E-state index in [9.17, 15) is 0 Å². The summed E-state index contributed by atoms with van der Waals surface area (Å²) in [5, 5.41) is 8.86. The highest BCUT2D eigenvalue weighted by atomic mass is 15.3. The number of likely N-dealkylation sites (N-methyl/N-ethyl adjacent to an activating group) is 1. The lowest BCUT2D eigenvalue weighted by Gasteiger charge is -2.34. The minimum Gasteiger partial charge on any atom is -0.301 e. The Morgan fingerprint density at radius 1 is 1.17 bits per heavy atom. The molecule has 2 rings (SSSR count). The second-order valence-corrected chi connectivity index (χ2v) is 4.96. The Kier molecular flexibility index (Phi) is 4.35. The molecule has 96 valence electrons. The minimum atomic E-state index is 0.757. The second kappa shape index (κ2) is 5.99. The van der Waals surface area contributed by atoms with Crippen molar-refractivity contribution in [2.45, 2.75) is 20.4 Å². The number of benzene rings is 1. The number of hydrogen-bond donors (Lipinski definition) is 0. The Morgan fingerprint density at radius 3 is 2.39 bits per heavy atom. The number of nitrogens with zero attached hydrogens (tertiary/aromatic N) is 3. The summed E-state index contributed by atoms with van der Waals surface area (Å²) >= 11 is 0. The molecule has 1 aromatic carbocycles. The zero-order chi connectivity index (χ0) is 13.0. The Bertz CT molecular complexity index is 440. The van der Waals surface area contributed by atoms with Gasteiger partial charge in [-0.2, -0.15) is 5.26 Å². The van der Waals surface area contributed by atoms with Crippen LogP contribution in [0.4, 0.5) is 0 Å². The standard InChI is InChI=1S/C15H21N3/c1-3-17-6-8-18(9-7-17)12-15-5-4-14(11-16)10-13(15)2/h4-5,10H,3,6-9,12H2,1-2H3. The Labute approximate surface area is 110 Å². The van der Waals surface area contributed by atoms with Crippen LogP contribution in [0.2, 0.25) is 0 Å². The van der Waals surface area contributed by atoms with Crippen LogP contribution in [0.15, 0.2) is 18.2 Å². The van der Waals surface area contributed by atoms with Crippen molar-refractivity contribution in [3.8, 4) is 6.07 Å². The van der Waals surface area contributed by atoms with Gasteiger partial charge in [0.05, 0.1) is 11.6 Å². The molecule has 0 atom stereocenters. The molecule has 0 aromatic heterocycles. The van der Waals surface area contributed by atoms with E-state index in [0.717, 1.165) is 31.7 Å². The van der Waals surface area contributed by atoms with E-state index < -0.39 is 0 Å². The quantitative estimate of drug-likeness (QED) is 0.813. The zero-order valence-electron chi connectivity index (χ0n) is 11.3. The molecule has 18 heavy (non-hydrogen) atoms. The van der Waals surface area contributed by atoms with E-state index in [1.165, 1.54) is 24.2 Å². The topological polar surface area (TPSA) is 30.3 Å². The lowest BCUT2D eigenvalue weighted by atomic mass is 10.0. The number of aryl methyl sites for hydroxylation is 1. The summed E-state index contributed by atoms with van der Waals surface area (Å²) < 4.78 is 0. The van der Waals surface area contributed by atoms with Gasteiger partial charge in [-0.05, 0) is 36.7 Å². The van der Waals surface area contributed by atoms with Gasteiger partial charge in [0.25, 0.3) is 0 Å². The molecule has 3 nitrogen and oxygen atoms in total. The largest absolute Gasteiger partial charge is 0.301 e. The lowest BCUT2D eigenvalue weighted by Crippen LogP contribution is -2.45. The summed E-state index contributed by atoms with van der Waals surface area (Å²) in [5.41, 5.74) is 3.33. The maximum Gasteiger partial charge on any atom is 0.0991 e. The molecule has 0 amide bonds. The summed E-state index contributed by atoms with van der Waals surface area (Å²) in [4.78, 5) is 4.99. The fraction of sp³-hybridized carbons (Fsp3) is 0.533. The number of piperazine rings is 1. The van der Waals surface area contributed by atoms with Crippen molar-refractivity contribution in [2.75, 3.05) is 32.7 Å². The SMILES string of the molecule is CCN1CCN(Cc2ccc(C#N)cc2C)CC1. The predicted molar refractivity (Wildman–Crippen MR) is 73.3 cm³/mol. The first-order valence-corrected chi connectivity index (χ1v) is 6.67. The highest BCUT2D eigenvalue weighted by Crippen LogP contribution is 2.14. The molecule has 0 unspecified atom stereocenters. The second-order valence-electron chi connectivity index (χ2n) is 4.96. The average Bonchev–Trinajstić information content (AvgIpc) is 2.42. The fourth-order valence-electron chi connectivity index (χ4n) is 2.45. The molecule has 1 saturated heterocycles. The van der Waals surface area contributed by atoms with Gasteiger partial charge < -0.3 is 4.90 Å². The maximum absolute atomic E-state index is 8.86. The van der Waals surface area contributed by atoms with Crippen LogP contribution in [0.1, 0.15) is 23.6 Å². The molecule has 1 aliphatic rings. The van der Waals surface area contributed by atoms with E-state index >= 15 is 0 Å². The molecule has 3 heteroatoms. The molecule has 0 aliphatic carbocycles. The first kappa shape index (κ1) is 13.1. The van der Waals surface area contributed by atoms with E-state index in [-0.39, 0.29) is 0 Å². The van der Waals surface area contributed by atoms with Crippen LogP contribution in [0, 0.1) is 18.3 Å². The molecule has 0 N–H and O–H groups in total. The smallest absolute Gasteiger partial charge is 0.0991 e. The molecule has 1 heterocycles. The van der Waals surface area contributed by atoms with Crippen LogP contribution < -0.4 is 0 Å². The molecule has 0 saturated carbocycles. The van der Waals surface area contributed by atoms with Crippen LogP contribution in [0.25, 0.3) is 0 Å². The van der Waals surface area contributed by atoms with Crippen molar-refractivity contribution >= 4 is 0 Å². The molecular formula is C15H21N3. The van der Waals surface area contributed by atoms with E-state index in [1.54, 1.807) is 0 Å². The van der Waals surface area contributed by atoms with Crippen molar-refractivity contribution in [3.63, 3.8) is 0 Å². The van der Waals surface area contributed by atoms with Crippen molar-refractivity contribution in [2.24, 2.45) is 0 Å². The van der Waals surface area contributed by atoms with Gasteiger partial charge in [-0.1, -0.05) is 13.0 Å². The summed E-state index contributed by atoms with van der Waals surface area (Å²) in [5.74, 6) is 0. The Hall–Kier alpha value is -1.37. The van der Waals surface area contributed by atoms with Crippen molar-refractivity contribution in [3.05, 3.63) is 34.9 Å². The molecule has 0 bridgehead atoms. The molecule has 0 spiro atoms. The first-order valence-electron chi connectivity index (χ1n) is 6.67. The molecule has 1 aliphatic heterocycles. The average molecular weight is 243 g/mol. The highest BCUT2D eigenvalue weighted by molar-refractivity contribution is 5.37. The Balaban J connectivity index is 1.96. The van der Waals surface area contributed by atoms with Crippen LogP contribution in [0.3, 0.4) is 0 Å². The molecule has 1 fully saturated rings. The zero-order valence-corrected chi connectivity index (χ0v) is 11.3. The fourth-order valence-corrected chi connectivity index (χ4v) is 2.45. The highest BCUT2D eigenvalue weighted by Gasteiger charge is 2.16. The third kappa shape index (κ3) is 3.10. The van der Waals surface area contributed by atoms with Crippen LogP contribution in [0.5, 0.6) is 0 Å². The van der Waals surface area contributed by atoms with Gasteiger partial charge in [0, 0.05) is 32.7 Å². The van der Waals surface area contributed by atoms with Crippen molar-refractivity contribution < 1.29 is 0 Å². The molecule has 1 aromatic rings. The van der Waals surface area contributed by atoms with Crippen molar-refractivity contribution in [1.29, 1.82) is 5.26 Å². The van der Waals surface area contributed by atoms with Crippen molar-refractivity contribution in [1.82, 2.24) is 9.80 Å². The van der Waals surface area contributed by atoms with Gasteiger partial charge in [0.1, 0.15) is 0 Å². The normalized spacial score (nSPS) is 17.6. The van der Waals surface area contributed by atoms with Gasteiger partial charge in [-0.15, -0.1) is 0 Å².